The lowest BCUT2D eigenvalue weighted by molar-refractivity contribution is -0.111. The molecule has 0 aliphatic carbocycles. The molecule has 0 bridgehead atoms. The highest BCUT2D eigenvalue weighted by Crippen LogP contribution is 2.22. The fraction of sp³-hybridized carbons (Fsp3) is 0. The van der Waals surface area contributed by atoms with Gasteiger partial charge in [-0.2, -0.15) is 11.3 Å². The minimum Gasteiger partial charge on any atom is -0.322 e. The van der Waals surface area contributed by atoms with Crippen molar-refractivity contribution in [3.05, 3.63) is 56.7 Å². The number of carbonyl (C=O) groups excluding carboxylic acids is 1. The largest absolute Gasteiger partial charge is 0.322 e. The van der Waals surface area contributed by atoms with Gasteiger partial charge in [0.2, 0.25) is 5.91 Å². The van der Waals surface area contributed by atoms with Gasteiger partial charge in [-0.25, -0.2) is 0 Å². The predicted molar refractivity (Wildman–Crippen MR) is 78.4 cm³/mol. The maximum atomic E-state index is 11.6. The molecule has 2 nitrogen and oxygen atoms in total. The van der Waals surface area contributed by atoms with Crippen LogP contribution in [-0.4, -0.2) is 5.91 Å². The van der Waals surface area contributed by atoms with Gasteiger partial charge in [-0.1, -0.05) is 23.2 Å². The van der Waals surface area contributed by atoms with Crippen molar-refractivity contribution in [1.29, 1.82) is 0 Å². The van der Waals surface area contributed by atoms with Crippen molar-refractivity contribution in [3.63, 3.8) is 0 Å². The van der Waals surface area contributed by atoms with Crippen molar-refractivity contribution < 1.29 is 4.79 Å². The Kier molecular flexibility index (Phi) is 4.42. The van der Waals surface area contributed by atoms with Crippen molar-refractivity contribution >= 4 is 52.2 Å². The van der Waals surface area contributed by atoms with Crippen LogP contribution in [-0.2, 0) is 4.79 Å². The molecule has 0 atom stereocenters. The number of rotatable bonds is 3. The summed E-state index contributed by atoms with van der Waals surface area (Å²) in [5, 5.41) is 7.58. The molecule has 0 aliphatic rings. The van der Waals surface area contributed by atoms with Crippen molar-refractivity contribution in [2.75, 3.05) is 5.32 Å². The molecule has 5 heteroatoms. The first-order valence-corrected chi connectivity index (χ1v) is 6.81. The van der Waals surface area contributed by atoms with Crippen LogP contribution in [0.4, 0.5) is 5.69 Å². The van der Waals surface area contributed by atoms with Gasteiger partial charge in [-0.05, 0) is 46.7 Å². The van der Waals surface area contributed by atoms with E-state index in [2.05, 4.69) is 5.32 Å². The Labute approximate surface area is 119 Å². The number of nitrogens with one attached hydrogen (secondary N) is 1. The van der Waals surface area contributed by atoms with Crippen LogP contribution in [0.5, 0.6) is 0 Å². The molecule has 0 saturated carbocycles. The molecule has 0 fully saturated rings. The highest BCUT2D eigenvalue weighted by Gasteiger charge is 2.01. The van der Waals surface area contributed by atoms with Crippen LogP contribution in [0, 0.1) is 0 Å². The van der Waals surface area contributed by atoms with E-state index < -0.39 is 0 Å². The first-order valence-electron chi connectivity index (χ1n) is 5.11. The molecule has 0 radical (unpaired) electrons. The Morgan fingerprint density at radius 1 is 1.22 bits per heavy atom. The minimum atomic E-state index is -0.223. The predicted octanol–water partition coefficient (Wildman–Crippen LogP) is 4.71. The normalized spacial score (nSPS) is 10.8. The number of hydrogen-bond donors (Lipinski definition) is 1. The fourth-order valence-corrected chi connectivity index (χ4v) is 2.51. The summed E-state index contributed by atoms with van der Waals surface area (Å²) in [6.45, 7) is 0. The Bertz CT molecular complexity index is 558. The summed E-state index contributed by atoms with van der Waals surface area (Å²) in [6, 6.07) is 6.83. The molecule has 1 aromatic carbocycles. The Morgan fingerprint density at radius 2 is 1.94 bits per heavy atom. The summed E-state index contributed by atoms with van der Waals surface area (Å²) in [6.07, 6.45) is 3.22. The SMILES string of the molecule is O=C(/C=C/c1ccsc1)Nc1cc(Cl)cc(Cl)c1. The summed E-state index contributed by atoms with van der Waals surface area (Å²) in [5.74, 6) is -0.223. The van der Waals surface area contributed by atoms with Crippen LogP contribution in [0.25, 0.3) is 6.08 Å². The van der Waals surface area contributed by atoms with Gasteiger partial charge in [0.1, 0.15) is 0 Å². The molecular formula is C13H9Cl2NOS. The number of carbonyl (C=O) groups is 1. The number of benzene rings is 1. The lowest BCUT2D eigenvalue weighted by atomic mass is 10.3. The lowest BCUT2D eigenvalue weighted by Crippen LogP contribution is -2.07. The molecule has 1 heterocycles. The van der Waals surface area contributed by atoms with E-state index in [1.807, 2.05) is 16.8 Å². The molecule has 1 amide bonds. The maximum Gasteiger partial charge on any atom is 0.248 e. The van der Waals surface area contributed by atoms with Crippen LogP contribution < -0.4 is 5.32 Å². The summed E-state index contributed by atoms with van der Waals surface area (Å²) in [5.41, 5.74) is 1.58. The molecule has 2 aromatic rings. The topological polar surface area (TPSA) is 29.1 Å². The van der Waals surface area contributed by atoms with E-state index in [1.165, 1.54) is 6.08 Å². The van der Waals surface area contributed by atoms with Crippen LogP contribution in [0.2, 0.25) is 10.0 Å². The Morgan fingerprint density at radius 3 is 2.56 bits per heavy atom. The van der Waals surface area contributed by atoms with Crippen molar-refractivity contribution in [2.24, 2.45) is 0 Å². The molecule has 1 N–H and O–H groups in total. The van der Waals surface area contributed by atoms with E-state index in [9.17, 15) is 4.79 Å². The number of halogens is 2. The standard InChI is InChI=1S/C13H9Cl2NOS/c14-10-5-11(15)7-12(6-10)16-13(17)2-1-9-3-4-18-8-9/h1-8H,(H,16,17)/b2-1+. The first-order chi connectivity index (χ1) is 8.63. The summed E-state index contributed by atoms with van der Waals surface area (Å²) in [4.78, 5) is 11.6. The Hall–Kier alpha value is -1.29. The number of hydrogen-bond acceptors (Lipinski definition) is 2. The van der Waals surface area contributed by atoms with Gasteiger partial charge < -0.3 is 5.32 Å². The highest BCUT2D eigenvalue weighted by molar-refractivity contribution is 7.08. The average Bonchev–Trinajstić information content (AvgIpc) is 2.77. The molecule has 0 unspecified atom stereocenters. The zero-order valence-electron chi connectivity index (χ0n) is 9.19. The molecule has 2 rings (SSSR count). The van der Waals surface area contributed by atoms with Crippen LogP contribution >= 0.6 is 34.5 Å². The lowest BCUT2D eigenvalue weighted by Gasteiger charge is -2.03. The van der Waals surface area contributed by atoms with E-state index in [4.69, 9.17) is 23.2 Å². The van der Waals surface area contributed by atoms with Crippen LogP contribution in [0.1, 0.15) is 5.56 Å². The van der Waals surface area contributed by atoms with Gasteiger partial charge in [0.15, 0.2) is 0 Å². The average molecular weight is 298 g/mol. The van der Waals surface area contributed by atoms with E-state index >= 15 is 0 Å². The van der Waals surface area contributed by atoms with Gasteiger partial charge in [0.25, 0.3) is 0 Å². The summed E-state index contributed by atoms with van der Waals surface area (Å²) in [7, 11) is 0. The molecule has 0 saturated heterocycles. The van der Waals surface area contributed by atoms with E-state index in [1.54, 1.807) is 35.6 Å². The van der Waals surface area contributed by atoms with Crippen molar-refractivity contribution in [2.45, 2.75) is 0 Å². The zero-order chi connectivity index (χ0) is 13.0. The Balaban J connectivity index is 2.03. The van der Waals surface area contributed by atoms with Gasteiger partial charge in [-0.3, -0.25) is 4.79 Å². The second-order valence-corrected chi connectivity index (χ2v) is 5.19. The molecule has 1 aromatic heterocycles. The third-order valence-corrected chi connectivity index (χ3v) is 3.24. The summed E-state index contributed by atoms with van der Waals surface area (Å²) >= 11 is 13.3. The first kappa shape index (κ1) is 13.1. The second kappa shape index (κ2) is 6.05. The molecule has 18 heavy (non-hydrogen) atoms. The fourth-order valence-electron chi connectivity index (χ4n) is 1.35. The maximum absolute atomic E-state index is 11.6. The number of anilines is 1. The third-order valence-electron chi connectivity index (χ3n) is 2.10. The van der Waals surface area contributed by atoms with Crippen LogP contribution in [0.15, 0.2) is 41.1 Å². The van der Waals surface area contributed by atoms with Crippen molar-refractivity contribution in [1.82, 2.24) is 0 Å². The smallest absolute Gasteiger partial charge is 0.248 e. The van der Waals surface area contributed by atoms with E-state index in [-0.39, 0.29) is 5.91 Å². The molecular weight excluding hydrogens is 289 g/mol. The second-order valence-electron chi connectivity index (χ2n) is 3.54. The van der Waals surface area contributed by atoms with E-state index in [0.29, 0.717) is 15.7 Å². The third kappa shape index (κ3) is 3.88. The van der Waals surface area contributed by atoms with Gasteiger partial charge in [-0.15, -0.1) is 0 Å². The highest BCUT2D eigenvalue weighted by atomic mass is 35.5. The molecule has 0 spiro atoms. The molecule has 0 aliphatic heterocycles. The van der Waals surface area contributed by atoms with Crippen molar-refractivity contribution in [3.8, 4) is 0 Å². The number of amides is 1. The van der Waals surface area contributed by atoms with Gasteiger partial charge in [0, 0.05) is 21.8 Å². The van der Waals surface area contributed by atoms with Crippen LogP contribution in [0.3, 0.4) is 0 Å². The number of thiophene rings is 1. The quantitative estimate of drug-likeness (QED) is 0.817. The van der Waals surface area contributed by atoms with Gasteiger partial charge >= 0.3 is 0 Å². The zero-order valence-corrected chi connectivity index (χ0v) is 11.5. The monoisotopic (exact) mass is 297 g/mol. The minimum absolute atomic E-state index is 0.223. The molecule has 92 valence electrons. The summed E-state index contributed by atoms with van der Waals surface area (Å²) < 4.78 is 0. The van der Waals surface area contributed by atoms with E-state index in [0.717, 1.165) is 5.56 Å². The van der Waals surface area contributed by atoms with Gasteiger partial charge in [0.05, 0.1) is 0 Å².